The summed E-state index contributed by atoms with van der Waals surface area (Å²) in [7, 11) is 0. The lowest BCUT2D eigenvalue weighted by molar-refractivity contribution is -0.137. The number of benzene rings is 2. The predicted molar refractivity (Wildman–Crippen MR) is 79.4 cm³/mol. The summed E-state index contributed by atoms with van der Waals surface area (Å²) in [4.78, 5) is 24.2. The molecule has 0 fully saturated rings. The van der Waals surface area contributed by atoms with Crippen LogP contribution in [-0.2, 0) is 17.5 Å². The number of alkyl halides is 3. The maximum absolute atomic E-state index is 12.5. The molecule has 0 aromatic heterocycles. The Hall–Kier alpha value is -2.89. The van der Waals surface area contributed by atoms with Crippen molar-refractivity contribution < 1.29 is 27.5 Å². The van der Waals surface area contributed by atoms with Gasteiger partial charge in [-0.05, 0) is 17.7 Å². The van der Waals surface area contributed by atoms with Gasteiger partial charge in [-0.3, -0.25) is 9.59 Å². The number of hydrogen-bond donors (Lipinski definition) is 0. The topological polar surface area (TPSA) is 43.4 Å². The number of halogens is 3. The van der Waals surface area contributed by atoms with Crippen LogP contribution in [0.2, 0.25) is 0 Å². The SMILES string of the molecule is O=C1C=C(OCc2ccc(C(F)(F)F)cc2)C(=O)c2ccccc21. The van der Waals surface area contributed by atoms with Crippen LogP contribution in [0.15, 0.2) is 60.4 Å². The number of carbonyl (C=O) groups is 2. The van der Waals surface area contributed by atoms with Crippen molar-refractivity contribution >= 4 is 11.6 Å². The fourth-order valence-corrected chi connectivity index (χ4v) is 2.35. The summed E-state index contributed by atoms with van der Waals surface area (Å²) < 4.78 is 42.9. The average Bonchev–Trinajstić information content (AvgIpc) is 2.56. The quantitative estimate of drug-likeness (QED) is 0.847. The molecule has 0 radical (unpaired) electrons. The van der Waals surface area contributed by atoms with Gasteiger partial charge in [0.1, 0.15) is 6.61 Å². The molecule has 3 nitrogen and oxygen atoms in total. The molecule has 2 aromatic rings. The van der Waals surface area contributed by atoms with E-state index in [0.29, 0.717) is 11.1 Å². The third-order valence-electron chi connectivity index (χ3n) is 3.60. The van der Waals surface area contributed by atoms with E-state index in [0.717, 1.165) is 18.2 Å². The lowest BCUT2D eigenvalue weighted by atomic mass is 9.94. The van der Waals surface area contributed by atoms with Gasteiger partial charge in [0.15, 0.2) is 11.5 Å². The Bertz CT molecular complexity index is 833. The summed E-state index contributed by atoms with van der Waals surface area (Å²) in [5.74, 6) is -0.872. The first-order valence-electron chi connectivity index (χ1n) is 7.05. The second-order valence-electron chi connectivity index (χ2n) is 5.23. The maximum Gasteiger partial charge on any atom is 0.416 e. The molecule has 3 rings (SSSR count). The third kappa shape index (κ3) is 3.08. The summed E-state index contributed by atoms with van der Waals surface area (Å²) in [5.41, 5.74) is 0.267. The van der Waals surface area contributed by atoms with Crippen molar-refractivity contribution in [3.8, 4) is 0 Å². The van der Waals surface area contributed by atoms with Gasteiger partial charge in [0.05, 0.1) is 5.56 Å². The highest BCUT2D eigenvalue weighted by Gasteiger charge is 2.30. The van der Waals surface area contributed by atoms with Crippen LogP contribution in [-0.4, -0.2) is 11.6 Å². The molecule has 1 aliphatic rings. The van der Waals surface area contributed by atoms with Crippen molar-refractivity contribution in [3.63, 3.8) is 0 Å². The molecule has 0 heterocycles. The Morgan fingerprint density at radius 1 is 0.875 bits per heavy atom. The van der Waals surface area contributed by atoms with Crippen LogP contribution in [0.4, 0.5) is 13.2 Å². The summed E-state index contributed by atoms with van der Waals surface area (Å²) in [6.07, 6.45) is -3.30. The van der Waals surface area contributed by atoms with Crippen LogP contribution >= 0.6 is 0 Å². The molecule has 0 aliphatic heterocycles. The smallest absolute Gasteiger partial charge is 0.416 e. The molecule has 0 N–H and O–H groups in total. The largest absolute Gasteiger partial charge is 0.485 e. The Morgan fingerprint density at radius 2 is 1.50 bits per heavy atom. The molecule has 0 atom stereocenters. The fraction of sp³-hybridized carbons (Fsp3) is 0.111. The number of allylic oxidation sites excluding steroid dienone is 2. The average molecular weight is 332 g/mol. The molecular weight excluding hydrogens is 321 g/mol. The Kier molecular flexibility index (Phi) is 3.97. The molecule has 122 valence electrons. The molecule has 6 heteroatoms. The normalized spacial score (nSPS) is 14.2. The molecule has 0 unspecified atom stereocenters. The molecule has 0 spiro atoms. The first kappa shape index (κ1) is 16.0. The summed E-state index contributed by atoms with van der Waals surface area (Å²) in [6, 6.07) is 10.8. The fourth-order valence-electron chi connectivity index (χ4n) is 2.35. The van der Waals surface area contributed by atoms with E-state index < -0.39 is 17.5 Å². The second-order valence-corrected chi connectivity index (χ2v) is 5.23. The minimum atomic E-state index is -4.41. The van der Waals surface area contributed by atoms with Crippen LogP contribution in [0, 0.1) is 0 Å². The second kappa shape index (κ2) is 5.96. The zero-order valence-electron chi connectivity index (χ0n) is 12.3. The van der Waals surface area contributed by atoms with Gasteiger partial charge in [0.2, 0.25) is 5.78 Å². The number of hydrogen-bond acceptors (Lipinski definition) is 3. The standard InChI is InChI=1S/C18H11F3O3/c19-18(20,21)12-7-5-11(6-8-12)10-24-16-9-15(22)13-3-1-2-4-14(13)17(16)23/h1-9H,10H2. The molecule has 0 bridgehead atoms. The number of Topliss-reactive ketones (excluding diaryl/α,β-unsaturated/α-hetero) is 1. The van der Waals surface area contributed by atoms with E-state index in [1.54, 1.807) is 18.2 Å². The zero-order chi connectivity index (χ0) is 17.3. The predicted octanol–water partition coefficient (Wildman–Crippen LogP) is 4.19. The van der Waals surface area contributed by atoms with Crippen molar-refractivity contribution in [1.82, 2.24) is 0 Å². The van der Waals surface area contributed by atoms with Crippen molar-refractivity contribution in [1.29, 1.82) is 0 Å². The van der Waals surface area contributed by atoms with Crippen LogP contribution in [0.3, 0.4) is 0 Å². The van der Waals surface area contributed by atoms with Gasteiger partial charge >= 0.3 is 6.18 Å². The van der Waals surface area contributed by atoms with Gasteiger partial charge in [0, 0.05) is 17.2 Å². The van der Waals surface area contributed by atoms with E-state index in [-0.39, 0.29) is 23.7 Å². The van der Waals surface area contributed by atoms with E-state index in [2.05, 4.69) is 0 Å². The molecule has 0 saturated heterocycles. The van der Waals surface area contributed by atoms with Crippen molar-refractivity contribution in [2.45, 2.75) is 12.8 Å². The van der Waals surface area contributed by atoms with Gasteiger partial charge in [-0.25, -0.2) is 0 Å². The van der Waals surface area contributed by atoms with Gasteiger partial charge in [-0.1, -0.05) is 36.4 Å². The van der Waals surface area contributed by atoms with Gasteiger partial charge in [-0.2, -0.15) is 13.2 Å². The van der Waals surface area contributed by atoms with Crippen molar-refractivity contribution in [2.75, 3.05) is 0 Å². The number of ketones is 2. The minimum Gasteiger partial charge on any atom is -0.485 e. The summed E-state index contributed by atoms with van der Waals surface area (Å²) in [6.45, 7) is -0.106. The minimum absolute atomic E-state index is 0.106. The van der Waals surface area contributed by atoms with E-state index in [1.807, 2.05) is 0 Å². The van der Waals surface area contributed by atoms with E-state index >= 15 is 0 Å². The lowest BCUT2D eigenvalue weighted by Gasteiger charge is -2.16. The van der Waals surface area contributed by atoms with E-state index in [1.165, 1.54) is 18.2 Å². The number of fused-ring (bicyclic) bond motifs is 1. The first-order valence-corrected chi connectivity index (χ1v) is 7.05. The molecule has 2 aromatic carbocycles. The lowest BCUT2D eigenvalue weighted by Crippen LogP contribution is -2.18. The third-order valence-corrected chi connectivity index (χ3v) is 3.60. The van der Waals surface area contributed by atoms with Crippen LogP contribution < -0.4 is 0 Å². The Balaban J connectivity index is 1.74. The van der Waals surface area contributed by atoms with Gasteiger partial charge in [-0.15, -0.1) is 0 Å². The summed E-state index contributed by atoms with van der Waals surface area (Å²) >= 11 is 0. The van der Waals surface area contributed by atoms with E-state index in [4.69, 9.17) is 4.74 Å². The first-order chi connectivity index (χ1) is 11.4. The highest BCUT2D eigenvalue weighted by molar-refractivity contribution is 6.23. The number of ether oxygens (including phenoxy) is 1. The Labute approximate surface area is 135 Å². The van der Waals surface area contributed by atoms with E-state index in [9.17, 15) is 22.8 Å². The highest BCUT2D eigenvalue weighted by atomic mass is 19.4. The maximum atomic E-state index is 12.5. The zero-order valence-corrected chi connectivity index (χ0v) is 12.3. The number of carbonyl (C=O) groups excluding carboxylic acids is 2. The van der Waals surface area contributed by atoms with Crippen LogP contribution in [0.1, 0.15) is 31.8 Å². The van der Waals surface area contributed by atoms with Gasteiger partial charge < -0.3 is 4.74 Å². The van der Waals surface area contributed by atoms with Gasteiger partial charge in [0.25, 0.3) is 0 Å². The monoisotopic (exact) mass is 332 g/mol. The van der Waals surface area contributed by atoms with Crippen LogP contribution in [0.25, 0.3) is 0 Å². The van der Waals surface area contributed by atoms with Crippen molar-refractivity contribution in [2.24, 2.45) is 0 Å². The van der Waals surface area contributed by atoms with Crippen molar-refractivity contribution in [3.05, 3.63) is 82.6 Å². The molecule has 1 aliphatic carbocycles. The summed E-state index contributed by atoms with van der Waals surface area (Å²) in [5, 5.41) is 0. The molecule has 24 heavy (non-hydrogen) atoms. The van der Waals surface area contributed by atoms with Crippen LogP contribution in [0.5, 0.6) is 0 Å². The highest BCUT2D eigenvalue weighted by Crippen LogP contribution is 2.29. The molecular formula is C18H11F3O3. The molecule has 0 amide bonds. The number of rotatable bonds is 3. The molecule has 0 saturated carbocycles. The Morgan fingerprint density at radius 3 is 2.12 bits per heavy atom.